The van der Waals surface area contributed by atoms with E-state index in [4.69, 9.17) is 4.74 Å². The van der Waals surface area contributed by atoms with Crippen LogP contribution in [0.2, 0.25) is 0 Å². The maximum Gasteiger partial charge on any atom is 0.408 e. The summed E-state index contributed by atoms with van der Waals surface area (Å²) in [5.74, 6) is -2.67. The summed E-state index contributed by atoms with van der Waals surface area (Å²) >= 11 is 0. The number of alkyl carbamates (subject to hydrolysis) is 1. The van der Waals surface area contributed by atoms with Gasteiger partial charge >= 0.3 is 6.09 Å². The molecule has 2 aliphatic heterocycles. The highest BCUT2D eigenvalue weighted by Crippen LogP contribution is 2.46. The standard InChI is InChI=1S/C36H47N5O9S2/c1-35(2,3)50-34(45)37-28-16-8-6-4-5-7-14-24-21-36(24,33(44)40-51(46,47)26-18-19-26)38-31(42)29-20-25(22-41(29)32(28)43)39-52(48,49)30-17-11-13-23-12-9-10-15-27(23)30/h7,9-15,17,24-26,28-29,39H,4-6,8,16,18-22H2,1-3H3,(H,37,45)(H,38,42)(H,40,44)/b14-7-/t24-,25-,28+,29+,36-/m1/s1. The third kappa shape index (κ3) is 8.44. The van der Waals surface area contributed by atoms with Crippen LogP contribution in [-0.2, 0) is 39.2 Å². The quantitative estimate of drug-likeness (QED) is 0.307. The van der Waals surface area contributed by atoms with Crippen LogP contribution in [0, 0.1) is 5.92 Å². The highest BCUT2D eigenvalue weighted by molar-refractivity contribution is 7.91. The Morgan fingerprint density at radius 3 is 2.42 bits per heavy atom. The van der Waals surface area contributed by atoms with Gasteiger partial charge in [-0.25, -0.2) is 26.4 Å². The summed E-state index contributed by atoms with van der Waals surface area (Å²) in [7, 11) is -8.09. The molecule has 16 heteroatoms. The number of ether oxygens (including phenoxy) is 1. The average Bonchev–Trinajstić information content (AvgIpc) is 3.99. The molecule has 0 bridgehead atoms. The largest absolute Gasteiger partial charge is 0.444 e. The Balaban J connectivity index is 1.31. The zero-order chi connectivity index (χ0) is 37.5. The zero-order valence-electron chi connectivity index (χ0n) is 29.6. The maximum atomic E-state index is 14.4. The van der Waals surface area contributed by atoms with Crippen molar-refractivity contribution in [3.8, 4) is 0 Å². The molecule has 282 valence electrons. The molecule has 52 heavy (non-hydrogen) atoms. The molecule has 4 N–H and O–H groups in total. The van der Waals surface area contributed by atoms with Crippen LogP contribution in [-0.4, -0.2) is 86.6 Å². The minimum atomic E-state index is -4.16. The highest BCUT2D eigenvalue weighted by Gasteiger charge is 2.62. The van der Waals surface area contributed by atoms with Crippen LogP contribution in [0.1, 0.15) is 78.6 Å². The van der Waals surface area contributed by atoms with Crippen molar-refractivity contribution < 1.29 is 40.8 Å². The Bertz CT molecular complexity index is 1990. The fourth-order valence-electron chi connectivity index (χ4n) is 7.05. The summed E-state index contributed by atoms with van der Waals surface area (Å²) in [6.45, 7) is 4.88. The summed E-state index contributed by atoms with van der Waals surface area (Å²) in [5.41, 5.74) is -2.41. The summed E-state index contributed by atoms with van der Waals surface area (Å²) in [5, 5.41) is 6.02. The predicted octanol–water partition coefficient (Wildman–Crippen LogP) is 2.98. The highest BCUT2D eigenvalue weighted by atomic mass is 32.2. The summed E-state index contributed by atoms with van der Waals surface area (Å²) in [6.07, 6.45) is 6.75. The van der Waals surface area contributed by atoms with E-state index < -0.39 is 84.3 Å². The second-order valence-corrected chi connectivity index (χ2v) is 18.9. The minimum Gasteiger partial charge on any atom is -0.444 e. The molecule has 2 aromatic rings. The Morgan fingerprint density at radius 1 is 0.962 bits per heavy atom. The molecule has 14 nitrogen and oxygen atoms in total. The van der Waals surface area contributed by atoms with Crippen molar-refractivity contribution in [3.05, 3.63) is 54.6 Å². The molecule has 1 saturated heterocycles. The van der Waals surface area contributed by atoms with E-state index >= 15 is 0 Å². The molecule has 2 aliphatic carbocycles. The molecule has 2 aromatic carbocycles. The lowest BCUT2D eigenvalue weighted by molar-refractivity contribution is -0.141. The number of carbonyl (C=O) groups excluding carboxylic acids is 4. The van der Waals surface area contributed by atoms with Gasteiger partial charge in [0, 0.05) is 23.9 Å². The van der Waals surface area contributed by atoms with Crippen molar-refractivity contribution in [1.82, 2.24) is 25.0 Å². The number of fused-ring (bicyclic) bond motifs is 3. The van der Waals surface area contributed by atoms with Gasteiger partial charge in [0.15, 0.2) is 0 Å². The third-order valence-electron chi connectivity index (χ3n) is 9.93. The molecular weight excluding hydrogens is 711 g/mol. The number of benzene rings is 2. The zero-order valence-corrected chi connectivity index (χ0v) is 31.2. The van der Waals surface area contributed by atoms with E-state index in [0.29, 0.717) is 37.5 Å². The topological polar surface area (TPSA) is 197 Å². The molecule has 3 fully saturated rings. The van der Waals surface area contributed by atoms with Crippen LogP contribution < -0.4 is 20.1 Å². The van der Waals surface area contributed by atoms with Crippen LogP contribution in [0.4, 0.5) is 4.79 Å². The molecule has 4 aliphatic rings. The van der Waals surface area contributed by atoms with Gasteiger partial charge in [0.1, 0.15) is 23.2 Å². The molecule has 0 unspecified atom stereocenters. The normalized spacial score (nSPS) is 28.0. The lowest BCUT2D eigenvalue weighted by atomic mass is 10.0. The number of hydrogen-bond acceptors (Lipinski definition) is 9. The Labute approximate surface area is 304 Å². The number of hydrogen-bond donors (Lipinski definition) is 4. The molecule has 2 heterocycles. The molecule has 6 rings (SSSR count). The lowest BCUT2D eigenvalue weighted by Gasteiger charge is -2.30. The fraction of sp³-hybridized carbons (Fsp3) is 0.556. The molecule has 2 saturated carbocycles. The van der Waals surface area contributed by atoms with Crippen LogP contribution in [0.15, 0.2) is 59.5 Å². The maximum absolute atomic E-state index is 14.4. The van der Waals surface area contributed by atoms with Gasteiger partial charge in [0.25, 0.3) is 5.91 Å². The van der Waals surface area contributed by atoms with E-state index in [1.54, 1.807) is 57.2 Å². The summed E-state index contributed by atoms with van der Waals surface area (Å²) in [6, 6.07) is 8.67. The fourth-order valence-corrected chi connectivity index (χ4v) is 9.88. The van der Waals surface area contributed by atoms with E-state index in [1.165, 1.54) is 11.0 Å². The molecule has 0 radical (unpaired) electrons. The number of sulfonamides is 2. The first-order valence-corrected chi connectivity index (χ1v) is 20.9. The van der Waals surface area contributed by atoms with Crippen molar-refractivity contribution >= 4 is 54.6 Å². The number of rotatable bonds is 7. The van der Waals surface area contributed by atoms with Gasteiger partial charge < -0.3 is 20.3 Å². The van der Waals surface area contributed by atoms with Gasteiger partial charge in [-0.15, -0.1) is 0 Å². The molecule has 5 atom stereocenters. The van der Waals surface area contributed by atoms with Crippen molar-refractivity contribution in [2.24, 2.45) is 5.92 Å². The minimum absolute atomic E-state index is 0.0374. The molecular formula is C36H47N5O9S2. The van der Waals surface area contributed by atoms with E-state index in [0.717, 1.165) is 11.8 Å². The van der Waals surface area contributed by atoms with Crippen molar-refractivity contribution in [1.29, 1.82) is 0 Å². The first kappa shape index (κ1) is 37.7. The van der Waals surface area contributed by atoms with Crippen molar-refractivity contribution in [2.75, 3.05) is 6.54 Å². The van der Waals surface area contributed by atoms with Crippen LogP contribution >= 0.6 is 0 Å². The van der Waals surface area contributed by atoms with Gasteiger partial charge in [-0.05, 0) is 77.2 Å². The number of amides is 4. The molecule has 0 spiro atoms. The Morgan fingerprint density at radius 2 is 1.69 bits per heavy atom. The lowest BCUT2D eigenvalue weighted by Crippen LogP contribution is -2.58. The smallest absolute Gasteiger partial charge is 0.408 e. The summed E-state index contributed by atoms with van der Waals surface area (Å²) in [4.78, 5) is 56.5. The van der Waals surface area contributed by atoms with E-state index in [2.05, 4.69) is 20.1 Å². The Kier molecular flexibility index (Phi) is 10.5. The summed E-state index contributed by atoms with van der Waals surface area (Å²) < 4.78 is 63.5. The van der Waals surface area contributed by atoms with Crippen LogP contribution in [0.5, 0.6) is 0 Å². The van der Waals surface area contributed by atoms with E-state index in [1.807, 2.05) is 12.2 Å². The van der Waals surface area contributed by atoms with Crippen molar-refractivity contribution in [3.63, 3.8) is 0 Å². The number of carbonyl (C=O) groups is 4. The second kappa shape index (κ2) is 14.4. The third-order valence-corrected chi connectivity index (χ3v) is 13.3. The average molecular weight is 758 g/mol. The Hall–Kier alpha value is -4.02. The molecule has 0 aromatic heterocycles. The van der Waals surface area contributed by atoms with Gasteiger partial charge in [0.05, 0.1) is 10.1 Å². The van der Waals surface area contributed by atoms with Crippen molar-refractivity contribution in [2.45, 2.75) is 118 Å². The first-order valence-electron chi connectivity index (χ1n) is 17.8. The first-order chi connectivity index (χ1) is 24.5. The number of nitrogens with one attached hydrogen (secondary N) is 4. The number of nitrogens with zero attached hydrogens (tertiary/aromatic N) is 1. The monoisotopic (exact) mass is 757 g/mol. The van der Waals surface area contributed by atoms with Gasteiger partial charge in [-0.2, -0.15) is 0 Å². The van der Waals surface area contributed by atoms with E-state index in [9.17, 15) is 36.0 Å². The second-order valence-electron chi connectivity index (χ2n) is 15.2. The van der Waals surface area contributed by atoms with E-state index in [-0.39, 0.29) is 30.7 Å². The van der Waals surface area contributed by atoms with Crippen LogP contribution in [0.3, 0.4) is 0 Å². The number of allylic oxidation sites excluding steroid dienone is 1. The van der Waals surface area contributed by atoms with Gasteiger partial charge in [-0.1, -0.05) is 61.4 Å². The van der Waals surface area contributed by atoms with Gasteiger partial charge in [-0.3, -0.25) is 19.1 Å². The molecule has 4 amide bonds. The SMILES string of the molecule is CC(C)(C)OC(=O)N[C@H]1CCCCC/C=C\[C@@H]2C[C@@]2(C(=O)NS(=O)(=O)C2CC2)NC(=O)[C@@H]2C[C@@H](NS(=O)(=O)c3cccc4ccccc34)CN2C1=O. The van der Waals surface area contributed by atoms with Gasteiger partial charge in [0.2, 0.25) is 31.9 Å². The predicted molar refractivity (Wildman–Crippen MR) is 193 cm³/mol. The van der Waals surface area contributed by atoms with Crippen LogP contribution in [0.25, 0.3) is 10.8 Å².